The standard InChI is InChI=1S/C13H19N3S/c1-10-4-7-13(17-10)12(14-2)6-5-11-8-9-15-16(11)3/h4,7-9,12,14H,5-6H2,1-3H3. The smallest absolute Gasteiger partial charge is 0.0492 e. The van der Waals surface area contributed by atoms with E-state index in [4.69, 9.17) is 0 Å². The molecule has 1 atom stereocenters. The Labute approximate surface area is 106 Å². The van der Waals surface area contributed by atoms with Gasteiger partial charge in [0, 0.05) is 34.7 Å². The lowest BCUT2D eigenvalue weighted by molar-refractivity contribution is 0.543. The molecule has 2 rings (SSSR count). The molecule has 2 heterocycles. The fourth-order valence-corrected chi connectivity index (χ4v) is 3.03. The molecule has 4 heteroatoms. The number of hydrogen-bond donors (Lipinski definition) is 1. The van der Waals surface area contributed by atoms with Gasteiger partial charge in [0.2, 0.25) is 0 Å². The van der Waals surface area contributed by atoms with Crippen molar-refractivity contribution < 1.29 is 0 Å². The Morgan fingerprint density at radius 2 is 2.24 bits per heavy atom. The Kier molecular flexibility index (Phi) is 3.97. The summed E-state index contributed by atoms with van der Waals surface area (Å²) in [5.74, 6) is 0. The molecule has 1 unspecified atom stereocenters. The van der Waals surface area contributed by atoms with Gasteiger partial charge in [0.15, 0.2) is 0 Å². The van der Waals surface area contributed by atoms with Crippen LogP contribution < -0.4 is 5.32 Å². The van der Waals surface area contributed by atoms with E-state index in [1.807, 2.05) is 36.3 Å². The van der Waals surface area contributed by atoms with Gasteiger partial charge in [-0.05, 0) is 45.0 Å². The van der Waals surface area contributed by atoms with Gasteiger partial charge in [0.25, 0.3) is 0 Å². The van der Waals surface area contributed by atoms with Gasteiger partial charge >= 0.3 is 0 Å². The molecule has 0 aliphatic rings. The first-order chi connectivity index (χ1) is 8.20. The molecular weight excluding hydrogens is 230 g/mol. The van der Waals surface area contributed by atoms with Gasteiger partial charge in [-0.1, -0.05) is 0 Å². The van der Waals surface area contributed by atoms with Crippen LogP contribution in [0.4, 0.5) is 0 Å². The lowest BCUT2D eigenvalue weighted by Crippen LogP contribution is -2.16. The normalized spacial score (nSPS) is 12.9. The molecule has 0 radical (unpaired) electrons. The van der Waals surface area contributed by atoms with Gasteiger partial charge in [-0.2, -0.15) is 5.10 Å². The highest BCUT2D eigenvalue weighted by molar-refractivity contribution is 7.12. The molecule has 2 aromatic heterocycles. The number of nitrogens with one attached hydrogen (secondary N) is 1. The maximum atomic E-state index is 4.20. The summed E-state index contributed by atoms with van der Waals surface area (Å²) in [6.07, 6.45) is 4.02. The minimum Gasteiger partial charge on any atom is -0.312 e. The second kappa shape index (κ2) is 5.47. The summed E-state index contributed by atoms with van der Waals surface area (Å²) in [5.41, 5.74) is 1.29. The van der Waals surface area contributed by atoms with Crippen LogP contribution >= 0.6 is 11.3 Å². The van der Waals surface area contributed by atoms with Crippen molar-refractivity contribution in [2.45, 2.75) is 25.8 Å². The van der Waals surface area contributed by atoms with Crippen LogP contribution in [0.3, 0.4) is 0 Å². The van der Waals surface area contributed by atoms with E-state index in [1.54, 1.807) is 0 Å². The van der Waals surface area contributed by atoms with Gasteiger partial charge < -0.3 is 5.32 Å². The molecule has 0 aromatic carbocycles. The lowest BCUT2D eigenvalue weighted by atomic mass is 10.1. The first-order valence-corrected chi connectivity index (χ1v) is 6.73. The topological polar surface area (TPSA) is 29.9 Å². The Morgan fingerprint density at radius 3 is 2.76 bits per heavy atom. The quantitative estimate of drug-likeness (QED) is 0.883. The van der Waals surface area contributed by atoms with E-state index < -0.39 is 0 Å². The predicted molar refractivity (Wildman–Crippen MR) is 72.4 cm³/mol. The van der Waals surface area contributed by atoms with E-state index in [0.29, 0.717) is 6.04 Å². The van der Waals surface area contributed by atoms with Crippen molar-refractivity contribution in [3.05, 3.63) is 39.8 Å². The largest absolute Gasteiger partial charge is 0.312 e. The zero-order valence-corrected chi connectivity index (χ0v) is 11.4. The van der Waals surface area contributed by atoms with Crippen molar-refractivity contribution in [2.75, 3.05) is 7.05 Å². The van der Waals surface area contributed by atoms with Crippen LogP contribution in [0, 0.1) is 6.92 Å². The number of nitrogens with zero attached hydrogens (tertiary/aromatic N) is 2. The average Bonchev–Trinajstić information content (AvgIpc) is 2.90. The van der Waals surface area contributed by atoms with Crippen LogP contribution in [0.1, 0.15) is 27.9 Å². The highest BCUT2D eigenvalue weighted by Crippen LogP contribution is 2.25. The summed E-state index contributed by atoms with van der Waals surface area (Å²) in [6.45, 7) is 2.15. The summed E-state index contributed by atoms with van der Waals surface area (Å²) in [5, 5.41) is 7.59. The molecule has 1 N–H and O–H groups in total. The summed E-state index contributed by atoms with van der Waals surface area (Å²) < 4.78 is 1.95. The molecule has 0 fully saturated rings. The number of aromatic nitrogens is 2. The monoisotopic (exact) mass is 249 g/mol. The minimum atomic E-state index is 0.448. The summed E-state index contributed by atoms with van der Waals surface area (Å²) in [4.78, 5) is 2.80. The third kappa shape index (κ3) is 2.96. The average molecular weight is 249 g/mol. The Hall–Kier alpha value is -1.13. The SMILES string of the molecule is CNC(CCc1ccnn1C)c1ccc(C)s1. The first-order valence-electron chi connectivity index (χ1n) is 5.91. The molecule has 0 bridgehead atoms. The third-order valence-electron chi connectivity index (χ3n) is 3.06. The molecule has 0 spiro atoms. The van der Waals surface area contributed by atoms with E-state index in [0.717, 1.165) is 12.8 Å². The highest BCUT2D eigenvalue weighted by atomic mass is 32.1. The Balaban J connectivity index is 1.99. The summed E-state index contributed by atoms with van der Waals surface area (Å²) in [6, 6.07) is 6.95. The van der Waals surface area contributed by atoms with E-state index in [2.05, 4.69) is 35.5 Å². The second-order valence-electron chi connectivity index (χ2n) is 4.27. The summed E-state index contributed by atoms with van der Waals surface area (Å²) in [7, 11) is 4.03. The second-order valence-corrected chi connectivity index (χ2v) is 5.59. The molecule has 2 aromatic rings. The maximum Gasteiger partial charge on any atom is 0.0492 e. The fraction of sp³-hybridized carbons (Fsp3) is 0.462. The van der Waals surface area contributed by atoms with Crippen LogP contribution in [-0.4, -0.2) is 16.8 Å². The van der Waals surface area contributed by atoms with Gasteiger partial charge in [0.05, 0.1) is 0 Å². The molecule has 0 aliphatic heterocycles. The molecule has 3 nitrogen and oxygen atoms in total. The molecule has 0 aliphatic carbocycles. The predicted octanol–water partition coefficient (Wildman–Crippen LogP) is 2.68. The molecule has 0 amide bonds. The zero-order chi connectivity index (χ0) is 12.3. The van der Waals surface area contributed by atoms with Gasteiger partial charge in [-0.15, -0.1) is 11.3 Å². The first kappa shape index (κ1) is 12.3. The van der Waals surface area contributed by atoms with Crippen LogP contribution in [0.25, 0.3) is 0 Å². The van der Waals surface area contributed by atoms with Crippen molar-refractivity contribution >= 4 is 11.3 Å². The number of hydrogen-bond acceptors (Lipinski definition) is 3. The van der Waals surface area contributed by atoms with Crippen molar-refractivity contribution in [2.24, 2.45) is 7.05 Å². The lowest BCUT2D eigenvalue weighted by Gasteiger charge is -2.14. The molecular formula is C13H19N3S. The maximum absolute atomic E-state index is 4.20. The van der Waals surface area contributed by atoms with E-state index in [1.165, 1.54) is 15.4 Å². The summed E-state index contributed by atoms with van der Waals surface area (Å²) >= 11 is 1.88. The molecule has 0 saturated heterocycles. The van der Waals surface area contributed by atoms with Crippen molar-refractivity contribution in [1.29, 1.82) is 0 Å². The van der Waals surface area contributed by atoms with Crippen LogP contribution in [0.5, 0.6) is 0 Å². The molecule has 17 heavy (non-hydrogen) atoms. The van der Waals surface area contributed by atoms with Crippen LogP contribution in [-0.2, 0) is 13.5 Å². The molecule has 0 saturated carbocycles. The van der Waals surface area contributed by atoms with Crippen molar-refractivity contribution in [1.82, 2.24) is 15.1 Å². The fourth-order valence-electron chi connectivity index (χ4n) is 2.01. The van der Waals surface area contributed by atoms with Crippen molar-refractivity contribution in [3.63, 3.8) is 0 Å². The number of thiophene rings is 1. The minimum absolute atomic E-state index is 0.448. The zero-order valence-electron chi connectivity index (χ0n) is 10.6. The number of rotatable bonds is 5. The van der Waals surface area contributed by atoms with Gasteiger partial charge in [0.1, 0.15) is 0 Å². The third-order valence-corrected chi connectivity index (χ3v) is 4.18. The molecule has 92 valence electrons. The van der Waals surface area contributed by atoms with E-state index >= 15 is 0 Å². The Morgan fingerprint density at radius 1 is 1.41 bits per heavy atom. The van der Waals surface area contributed by atoms with Crippen LogP contribution in [0.15, 0.2) is 24.4 Å². The van der Waals surface area contributed by atoms with Crippen LogP contribution in [0.2, 0.25) is 0 Å². The van der Waals surface area contributed by atoms with Crippen molar-refractivity contribution in [3.8, 4) is 0 Å². The Bertz CT molecular complexity index is 472. The van der Waals surface area contributed by atoms with Gasteiger partial charge in [-0.3, -0.25) is 4.68 Å². The van der Waals surface area contributed by atoms with E-state index in [9.17, 15) is 0 Å². The highest BCUT2D eigenvalue weighted by Gasteiger charge is 2.12. The van der Waals surface area contributed by atoms with Gasteiger partial charge in [-0.25, -0.2) is 0 Å². The number of aryl methyl sites for hydroxylation is 3. The van der Waals surface area contributed by atoms with E-state index in [-0.39, 0.29) is 0 Å².